The number of rotatable bonds is 0. The molecule has 0 fully saturated rings. The number of hydrogen-bond acceptors (Lipinski definition) is 1. The number of benzene rings is 2. The Morgan fingerprint density at radius 3 is 2.00 bits per heavy atom. The van der Waals surface area contributed by atoms with Crippen LogP contribution in [0.4, 0.5) is 0 Å². The Morgan fingerprint density at radius 2 is 1.32 bits per heavy atom. The molecule has 0 spiro atoms. The highest BCUT2D eigenvalue weighted by atomic mass is 35.5. The van der Waals surface area contributed by atoms with Crippen molar-refractivity contribution in [2.24, 2.45) is 0 Å². The van der Waals surface area contributed by atoms with E-state index in [1.165, 1.54) is 0 Å². The van der Waals surface area contributed by atoms with E-state index in [2.05, 4.69) is 0 Å². The average molecular weight is 375 g/mol. The summed E-state index contributed by atoms with van der Waals surface area (Å²) in [6, 6.07) is 3.21. The van der Waals surface area contributed by atoms with Gasteiger partial charge in [0.1, 0.15) is 10.6 Å². The minimum Gasteiger partial charge on any atom is -0.454 e. The molecule has 2 aromatic carbocycles. The largest absolute Gasteiger partial charge is 0.454 e. The van der Waals surface area contributed by atoms with E-state index < -0.39 is 0 Å². The molecule has 98 valence electrons. The molecule has 0 saturated carbocycles. The van der Waals surface area contributed by atoms with Crippen molar-refractivity contribution in [2.75, 3.05) is 0 Å². The summed E-state index contributed by atoms with van der Waals surface area (Å²) in [5.41, 5.74) is 0.801. The van der Waals surface area contributed by atoms with Gasteiger partial charge in [0.15, 0.2) is 5.58 Å². The first-order chi connectivity index (χ1) is 8.91. The van der Waals surface area contributed by atoms with Crippen molar-refractivity contribution >= 4 is 91.5 Å². The van der Waals surface area contributed by atoms with Gasteiger partial charge in [-0.15, -0.1) is 0 Å². The molecule has 7 heteroatoms. The molecule has 0 amide bonds. The number of halogens is 6. The maximum atomic E-state index is 6.21. The Kier molecular flexibility index (Phi) is 3.50. The summed E-state index contributed by atoms with van der Waals surface area (Å²) in [5, 5.41) is 2.71. The molecule has 0 bridgehead atoms. The second-order valence-electron chi connectivity index (χ2n) is 3.82. The van der Waals surface area contributed by atoms with Crippen LogP contribution in [0.5, 0.6) is 0 Å². The first-order valence-corrected chi connectivity index (χ1v) is 7.21. The van der Waals surface area contributed by atoms with Crippen LogP contribution in [0.3, 0.4) is 0 Å². The highest BCUT2D eigenvalue weighted by molar-refractivity contribution is 6.56. The normalized spacial score (nSPS) is 11.7. The molecule has 1 aromatic heterocycles. The third kappa shape index (κ3) is 1.99. The Morgan fingerprint density at radius 1 is 0.684 bits per heavy atom. The third-order valence-corrected chi connectivity index (χ3v) is 5.01. The zero-order chi connectivity index (χ0) is 13.9. The van der Waals surface area contributed by atoms with Crippen LogP contribution in [0.15, 0.2) is 16.5 Å². The summed E-state index contributed by atoms with van der Waals surface area (Å²) >= 11 is 36.5. The number of fused-ring (bicyclic) bond motifs is 3. The van der Waals surface area contributed by atoms with Gasteiger partial charge in [0.05, 0.1) is 25.5 Å². The first-order valence-electron chi connectivity index (χ1n) is 4.95. The van der Waals surface area contributed by atoms with Gasteiger partial charge in [0, 0.05) is 16.5 Å². The van der Waals surface area contributed by atoms with E-state index >= 15 is 0 Å². The third-order valence-electron chi connectivity index (χ3n) is 2.70. The molecule has 0 aliphatic rings. The molecule has 1 nitrogen and oxygen atoms in total. The minimum absolute atomic E-state index is 0.141. The van der Waals surface area contributed by atoms with Crippen molar-refractivity contribution in [2.45, 2.75) is 0 Å². The fraction of sp³-hybridized carbons (Fsp3) is 0. The van der Waals surface area contributed by atoms with E-state index in [0.29, 0.717) is 32.0 Å². The van der Waals surface area contributed by atoms with Crippen LogP contribution in [-0.4, -0.2) is 0 Å². The monoisotopic (exact) mass is 372 g/mol. The SMILES string of the molecule is Clc1cc(Cl)c2c(c1)oc1c(Cl)c(Cl)c(Cl)c(Cl)c12. The minimum atomic E-state index is 0.141. The van der Waals surface area contributed by atoms with Gasteiger partial charge in [-0.1, -0.05) is 69.6 Å². The second-order valence-corrected chi connectivity index (χ2v) is 6.18. The fourth-order valence-electron chi connectivity index (χ4n) is 1.91. The lowest BCUT2D eigenvalue weighted by molar-refractivity contribution is 0.669. The van der Waals surface area contributed by atoms with Gasteiger partial charge < -0.3 is 4.42 Å². The second kappa shape index (κ2) is 4.77. The zero-order valence-electron chi connectivity index (χ0n) is 8.83. The molecule has 0 N–H and O–H groups in total. The quantitative estimate of drug-likeness (QED) is 0.293. The van der Waals surface area contributed by atoms with Gasteiger partial charge in [0.2, 0.25) is 0 Å². The topological polar surface area (TPSA) is 13.1 Å². The van der Waals surface area contributed by atoms with Crippen LogP contribution >= 0.6 is 69.6 Å². The van der Waals surface area contributed by atoms with Gasteiger partial charge in [-0.3, -0.25) is 0 Å². The highest BCUT2D eigenvalue weighted by Crippen LogP contribution is 2.48. The Hall–Kier alpha value is -0.0200. The molecule has 0 atom stereocenters. The van der Waals surface area contributed by atoms with Gasteiger partial charge in [-0.2, -0.15) is 0 Å². The van der Waals surface area contributed by atoms with Gasteiger partial charge in [-0.05, 0) is 6.07 Å². The maximum absolute atomic E-state index is 6.21. The summed E-state index contributed by atoms with van der Waals surface area (Å²) in [4.78, 5) is 0. The predicted molar refractivity (Wildman–Crippen MR) is 83.8 cm³/mol. The van der Waals surface area contributed by atoms with Gasteiger partial charge >= 0.3 is 0 Å². The summed E-state index contributed by atoms with van der Waals surface area (Å²) in [5.74, 6) is 0. The molecule has 0 aliphatic carbocycles. The Balaban J connectivity index is 2.67. The van der Waals surface area contributed by atoms with Crippen molar-refractivity contribution in [1.29, 1.82) is 0 Å². The fourth-order valence-corrected chi connectivity index (χ4v) is 3.45. The van der Waals surface area contributed by atoms with Crippen molar-refractivity contribution < 1.29 is 4.42 Å². The molecule has 0 aliphatic heterocycles. The lowest BCUT2D eigenvalue weighted by Crippen LogP contribution is -1.78. The summed E-state index contributed by atoms with van der Waals surface area (Å²) in [7, 11) is 0. The Bertz CT molecular complexity index is 836. The van der Waals surface area contributed by atoms with Crippen LogP contribution in [0, 0.1) is 0 Å². The molecule has 19 heavy (non-hydrogen) atoms. The van der Waals surface area contributed by atoms with Crippen LogP contribution in [-0.2, 0) is 0 Å². The van der Waals surface area contributed by atoms with E-state index in [1.807, 2.05) is 0 Å². The van der Waals surface area contributed by atoms with Crippen molar-refractivity contribution in [3.8, 4) is 0 Å². The van der Waals surface area contributed by atoms with Crippen LogP contribution in [0.25, 0.3) is 21.9 Å². The molecule has 1 heterocycles. The number of hydrogen-bond donors (Lipinski definition) is 0. The van der Waals surface area contributed by atoms with E-state index in [9.17, 15) is 0 Å². The summed E-state index contributed by atoms with van der Waals surface area (Å²) < 4.78 is 5.63. The van der Waals surface area contributed by atoms with Crippen LogP contribution in [0.1, 0.15) is 0 Å². The smallest absolute Gasteiger partial charge is 0.157 e. The molecular weight excluding hydrogens is 373 g/mol. The lowest BCUT2D eigenvalue weighted by atomic mass is 10.1. The molecule has 3 rings (SSSR count). The molecular formula is C12H2Cl6O. The van der Waals surface area contributed by atoms with E-state index in [0.717, 1.165) is 0 Å². The summed E-state index contributed by atoms with van der Waals surface area (Å²) in [6.45, 7) is 0. The van der Waals surface area contributed by atoms with Gasteiger partial charge in [-0.25, -0.2) is 0 Å². The Labute approximate surface area is 137 Å². The number of furan rings is 1. The maximum Gasteiger partial charge on any atom is 0.157 e. The predicted octanol–water partition coefficient (Wildman–Crippen LogP) is 7.51. The van der Waals surface area contributed by atoms with Crippen molar-refractivity contribution in [1.82, 2.24) is 0 Å². The van der Waals surface area contributed by atoms with E-state index in [1.54, 1.807) is 12.1 Å². The van der Waals surface area contributed by atoms with Crippen molar-refractivity contribution in [3.63, 3.8) is 0 Å². The van der Waals surface area contributed by atoms with Crippen molar-refractivity contribution in [3.05, 3.63) is 42.3 Å². The molecule has 0 saturated heterocycles. The molecule has 0 radical (unpaired) electrons. The van der Waals surface area contributed by atoms with Crippen LogP contribution in [0.2, 0.25) is 30.1 Å². The zero-order valence-corrected chi connectivity index (χ0v) is 13.4. The van der Waals surface area contributed by atoms with E-state index in [-0.39, 0.29) is 20.1 Å². The lowest BCUT2D eigenvalue weighted by Gasteiger charge is -2.03. The van der Waals surface area contributed by atoms with E-state index in [4.69, 9.17) is 74.0 Å². The van der Waals surface area contributed by atoms with Gasteiger partial charge in [0.25, 0.3) is 0 Å². The highest BCUT2D eigenvalue weighted by Gasteiger charge is 2.22. The standard InChI is InChI=1S/C12H2Cl6O/c13-3-1-4(14)6-5(2-3)19-12-7(6)8(15)9(16)10(17)11(12)18/h1-2H. The average Bonchev–Trinajstić information content (AvgIpc) is 2.73. The molecule has 0 unspecified atom stereocenters. The summed E-state index contributed by atoms with van der Waals surface area (Å²) in [6.07, 6.45) is 0. The molecule has 3 aromatic rings. The van der Waals surface area contributed by atoms with Crippen LogP contribution < -0.4 is 0 Å². The first kappa shape index (κ1) is 13.9.